The van der Waals surface area contributed by atoms with Crippen LogP contribution in [0.2, 0.25) is 0 Å². The van der Waals surface area contributed by atoms with Gasteiger partial charge in [0.1, 0.15) is 5.75 Å². The van der Waals surface area contributed by atoms with Crippen LogP contribution in [0.15, 0.2) is 24.3 Å². The second-order valence-corrected chi connectivity index (χ2v) is 5.34. The molecule has 0 fully saturated rings. The van der Waals surface area contributed by atoms with Gasteiger partial charge in [0.05, 0.1) is 13.0 Å². The number of carbonyl (C=O) groups excluding carboxylic acids is 1. The maximum atomic E-state index is 11.8. The molecule has 116 valence electrons. The average Bonchev–Trinajstić information content (AvgIpc) is 2.44. The molecule has 1 atom stereocenters. The Hall–Kier alpha value is -2.04. The summed E-state index contributed by atoms with van der Waals surface area (Å²) in [5, 5.41) is 11.8. The molecule has 1 rings (SSSR count). The van der Waals surface area contributed by atoms with Crippen molar-refractivity contribution in [2.24, 2.45) is 11.8 Å². The topological polar surface area (TPSA) is 75.6 Å². The number of methoxy groups -OCH3 is 1. The molecule has 1 aromatic carbocycles. The van der Waals surface area contributed by atoms with Crippen LogP contribution in [-0.4, -0.2) is 30.6 Å². The van der Waals surface area contributed by atoms with Crippen LogP contribution in [0.4, 0.5) is 0 Å². The van der Waals surface area contributed by atoms with E-state index in [0.29, 0.717) is 12.8 Å². The fraction of sp³-hybridized carbons (Fsp3) is 0.500. The largest absolute Gasteiger partial charge is 0.497 e. The van der Waals surface area contributed by atoms with Gasteiger partial charge >= 0.3 is 5.97 Å². The summed E-state index contributed by atoms with van der Waals surface area (Å²) in [6.07, 6.45) is 0.931. The van der Waals surface area contributed by atoms with E-state index in [4.69, 9.17) is 9.84 Å². The number of aliphatic carboxylic acids is 1. The highest BCUT2D eigenvalue weighted by atomic mass is 16.5. The number of carboxylic acids is 1. The number of rotatable bonds is 8. The zero-order valence-electron chi connectivity index (χ0n) is 12.8. The normalized spacial score (nSPS) is 12.0. The molecule has 0 spiro atoms. The van der Waals surface area contributed by atoms with Crippen LogP contribution >= 0.6 is 0 Å². The van der Waals surface area contributed by atoms with E-state index in [-0.39, 0.29) is 18.4 Å². The number of amides is 1. The van der Waals surface area contributed by atoms with Crippen molar-refractivity contribution >= 4 is 11.9 Å². The molecule has 1 amide bonds. The summed E-state index contributed by atoms with van der Waals surface area (Å²) >= 11 is 0. The number of carbonyl (C=O) groups is 2. The molecule has 0 saturated carbocycles. The van der Waals surface area contributed by atoms with E-state index in [9.17, 15) is 9.59 Å². The van der Waals surface area contributed by atoms with Crippen molar-refractivity contribution in [3.8, 4) is 5.75 Å². The number of ether oxygens (including phenoxy) is 1. The summed E-state index contributed by atoms with van der Waals surface area (Å²) in [6, 6.07) is 7.56. The molecule has 2 N–H and O–H groups in total. The van der Waals surface area contributed by atoms with E-state index >= 15 is 0 Å². The van der Waals surface area contributed by atoms with Crippen molar-refractivity contribution in [2.75, 3.05) is 13.7 Å². The van der Waals surface area contributed by atoms with Gasteiger partial charge in [-0.2, -0.15) is 0 Å². The van der Waals surface area contributed by atoms with Gasteiger partial charge in [-0.25, -0.2) is 0 Å². The third-order valence-corrected chi connectivity index (χ3v) is 3.42. The van der Waals surface area contributed by atoms with Crippen molar-refractivity contribution in [1.82, 2.24) is 5.32 Å². The molecule has 0 bridgehead atoms. The lowest BCUT2D eigenvalue weighted by atomic mass is 9.96. The van der Waals surface area contributed by atoms with Crippen LogP contribution in [-0.2, 0) is 16.0 Å². The first-order valence-corrected chi connectivity index (χ1v) is 7.06. The quantitative estimate of drug-likeness (QED) is 0.769. The molecule has 1 aromatic rings. The predicted octanol–water partition coefficient (Wildman–Crippen LogP) is 2.10. The highest BCUT2D eigenvalue weighted by Crippen LogP contribution is 2.14. The minimum atomic E-state index is -0.877. The molecule has 0 aliphatic heterocycles. The maximum Gasteiger partial charge on any atom is 0.308 e. The van der Waals surface area contributed by atoms with Gasteiger partial charge in [-0.3, -0.25) is 9.59 Å². The smallest absolute Gasteiger partial charge is 0.308 e. The van der Waals surface area contributed by atoms with Crippen LogP contribution in [0.1, 0.15) is 25.8 Å². The number of aryl methyl sites for hydroxylation is 1. The average molecular weight is 293 g/mol. The summed E-state index contributed by atoms with van der Waals surface area (Å²) in [6.45, 7) is 3.84. The first kappa shape index (κ1) is 17.0. The van der Waals surface area contributed by atoms with E-state index < -0.39 is 11.9 Å². The Morgan fingerprint density at radius 2 is 2.05 bits per heavy atom. The Morgan fingerprint density at radius 1 is 1.33 bits per heavy atom. The minimum Gasteiger partial charge on any atom is -0.497 e. The van der Waals surface area contributed by atoms with Crippen LogP contribution < -0.4 is 10.1 Å². The van der Waals surface area contributed by atoms with Crippen LogP contribution in [0, 0.1) is 11.8 Å². The van der Waals surface area contributed by atoms with Crippen LogP contribution in [0.5, 0.6) is 5.75 Å². The molecule has 0 radical (unpaired) electrons. The van der Waals surface area contributed by atoms with Crippen molar-refractivity contribution in [3.63, 3.8) is 0 Å². The molecule has 0 saturated heterocycles. The van der Waals surface area contributed by atoms with E-state index in [1.165, 1.54) is 0 Å². The third-order valence-electron chi connectivity index (χ3n) is 3.42. The summed E-state index contributed by atoms with van der Waals surface area (Å²) in [5.74, 6) is -0.812. The fourth-order valence-electron chi connectivity index (χ4n) is 2.01. The number of carboxylic acid groups (broad SMARTS) is 1. The first-order chi connectivity index (χ1) is 9.93. The lowest BCUT2D eigenvalue weighted by Gasteiger charge is -2.16. The molecule has 5 nitrogen and oxygen atoms in total. The van der Waals surface area contributed by atoms with Crippen molar-refractivity contribution in [1.29, 1.82) is 0 Å². The summed E-state index contributed by atoms with van der Waals surface area (Å²) < 4.78 is 5.13. The van der Waals surface area contributed by atoms with Crippen molar-refractivity contribution in [2.45, 2.75) is 26.7 Å². The van der Waals surface area contributed by atoms with Gasteiger partial charge in [0.2, 0.25) is 5.91 Å². The monoisotopic (exact) mass is 293 g/mol. The molecular weight excluding hydrogens is 270 g/mol. The molecule has 0 heterocycles. The van der Waals surface area contributed by atoms with Gasteiger partial charge in [-0.15, -0.1) is 0 Å². The number of nitrogens with one attached hydrogen (secondary N) is 1. The van der Waals surface area contributed by atoms with Gasteiger partial charge in [0.25, 0.3) is 0 Å². The Morgan fingerprint density at radius 3 is 2.62 bits per heavy atom. The molecule has 1 unspecified atom stereocenters. The lowest BCUT2D eigenvalue weighted by Crippen LogP contribution is -2.35. The van der Waals surface area contributed by atoms with E-state index in [1.54, 1.807) is 7.11 Å². The van der Waals surface area contributed by atoms with E-state index in [2.05, 4.69) is 5.32 Å². The van der Waals surface area contributed by atoms with Gasteiger partial charge in [-0.05, 0) is 30.0 Å². The molecule has 0 aliphatic rings. The number of hydrogen-bond acceptors (Lipinski definition) is 3. The van der Waals surface area contributed by atoms with Crippen LogP contribution in [0.25, 0.3) is 0 Å². The maximum absolute atomic E-state index is 11.8. The summed E-state index contributed by atoms with van der Waals surface area (Å²) in [5.41, 5.74) is 1.02. The second kappa shape index (κ2) is 8.29. The Labute approximate surface area is 125 Å². The SMILES string of the molecule is COc1cccc(CCC(=O)NCC(C(=O)O)C(C)C)c1. The molecule has 5 heteroatoms. The van der Waals surface area contributed by atoms with Crippen LogP contribution in [0.3, 0.4) is 0 Å². The van der Waals surface area contributed by atoms with Gasteiger partial charge < -0.3 is 15.2 Å². The van der Waals surface area contributed by atoms with Gasteiger partial charge in [0.15, 0.2) is 0 Å². The standard InChI is InChI=1S/C16H23NO4/c1-11(2)14(16(19)20)10-17-15(18)8-7-12-5-4-6-13(9-12)21-3/h4-6,9,11,14H,7-8,10H2,1-3H3,(H,17,18)(H,19,20). The first-order valence-electron chi connectivity index (χ1n) is 7.06. The Balaban J connectivity index is 2.41. The molecule has 0 aliphatic carbocycles. The molecular formula is C16H23NO4. The van der Waals surface area contributed by atoms with Gasteiger partial charge in [-0.1, -0.05) is 26.0 Å². The van der Waals surface area contributed by atoms with E-state index in [1.807, 2.05) is 38.1 Å². The number of hydrogen-bond donors (Lipinski definition) is 2. The summed E-state index contributed by atoms with van der Waals surface area (Å²) in [4.78, 5) is 22.8. The highest BCUT2D eigenvalue weighted by Gasteiger charge is 2.21. The lowest BCUT2D eigenvalue weighted by molar-refractivity contribution is -0.143. The molecule has 21 heavy (non-hydrogen) atoms. The van der Waals surface area contributed by atoms with Crippen molar-refractivity contribution in [3.05, 3.63) is 29.8 Å². The third kappa shape index (κ3) is 5.85. The predicted molar refractivity (Wildman–Crippen MR) is 80.3 cm³/mol. The van der Waals surface area contributed by atoms with Gasteiger partial charge in [0, 0.05) is 13.0 Å². The number of benzene rings is 1. The zero-order chi connectivity index (χ0) is 15.8. The summed E-state index contributed by atoms with van der Waals surface area (Å²) in [7, 11) is 1.60. The second-order valence-electron chi connectivity index (χ2n) is 5.34. The fourth-order valence-corrected chi connectivity index (χ4v) is 2.01. The van der Waals surface area contributed by atoms with Crippen molar-refractivity contribution < 1.29 is 19.4 Å². The minimum absolute atomic E-state index is 0.0128. The van der Waals surface area contributed by atoms with E-state index in [0.717, 1.165) is 11.3 Å². The Bertz CT molecular complexity index is 485. The molecule has 0 aromatic heterocycles. The highest BCUT2D eigenvalue weighted by molar-refractivity contribution is 5.77. The zero-order valence-corrected chi connectivity index (χ0v) is 12.8. The Kier molecular flexibility index (Phi) is 6.72.